The lowest BCUT2D eigenvalue weighted by molar-refractivity contribution is -0.139. The van der Waals surface area contributed by atoms with Gasteiger partial charge in [-0.05, 0) is 19.1 Å². The Kier molecular flexibility index (Phi) is 3.88. The molecule has 0 unspecified atom stereocenters. The average Bonchev–Trinajstić information content (AvgIpc) is 2.70. The van der Waals surface area contributed by atoms with Crippen molar-refractivity contribution in [2.75, 3.05) is 6.61 Å². The summed E-state index contributed by atoms with van der Waals surface area (Å²) in [6.45, 7) is 1.47. The zero-order chi connectivity index (χ0) is 13.0. The number of benzene rings is 1. The highest BCUT2D eigenvalue weighted by molar-refractivity contribution is 7.99. The van der Waals surface area contributed by atoms with Crippen molar-refractivity contribution in [2.24, 2.45) is 0 Å². The highest BCUT2D eigenvalue weighted by atomic mass is 32.2. The van der Waals surface area contributed by atoms with Crippen LogP contribution in [0.15, 0.2) is 40.1 Å². The topological polar surface area (TPSA) is 75.2 Å². The molecule has 94 valence electrons. The fraction of sp³-hybridized carbons (Fsp3) is 0.167. The molecule has 6 heteroatoms. The summed E-state index contributed by atoms with van der Waals surface area (Å²) in [5, 5.41) is 15.3. The highest BCUT2D eigenvalue weighted by Crippen LogP contribution is 2.35. The first-order chi connectivity index (χ1) is 8.66. The zero-order valence-electron chi connectivity index (χ0n) is 9.71. The molecule has 18 heavy (non-hydrogen) atoms. The quantitative estimate of drug-likeness (QED) is 0.867. The molecule has 1 heterocycles. The van der Waals surface area contributed by atoms with E-state index in [4.69, 9.17) is 9.84 Å². The Morgan fingerprint density at radius 2 is 2.17 bits per heavy atom. The summed E-state index contributed by atoms with van der Waals surface area (Å²) in [4.78, 5) is 12.3. The van der Waals surface area contributed by atoms with E-state index in [-0.39, 0.29) is 0 Å². The molecule has 0 atom stereocenters. The first kappa shape index (κ1) is 12.5. The van der Waals surface area contributed by atoms with Crippen LogP contribution in [0.3, 0.4) is 0 Å². The lowest BCUT2D eigenvalue weighted by Gasteiger charge is -2.04. The van der Waals surface area contributed by atoms with Crippen LogP contribution in [0.2, 0.25) is 0 Å². The van der Waals surface area contributed by atoms with Gasteiger partial charge in [0.1, 0.15) is 0 Å². The molecule has 1 aromatic heterocycles. The Balaban J connectivity index is 2.16. The number of aliphatic carboxylic acids is 1. The third-order valence-electron chi connectivity index (χ3n) is 2.16. The van der Waals surface area contributed by atoms with Crippen molar-refractivity contribution in [1.29, 1.82) is 0 Å². The molecule has 2 aromatic rings. The van der Waals surface area contributed by atoms with Gasteiger partial charge in [0.15, 0.2) is 6.61 Å². The highest BCUT2D eigenvalue weighted by Gasteiger charge is 2.14. The smallest absolute Gasteiger partial charge is 0.341 e. The van der Waals surface area contributed by atoms with Gasteiger partial charge in [-0.1, -0.05) is 30.0 Å². The number of carboxylic acids is 1. The molecule has 0 aliphatic carbocycles. The molecule has 1 aromatic carbocycles. The SMILES string of the molecule is Cc1[nH]nc(OCC(=O)O)c1Sc1ccccc1. The van der Waals surface area contributed by atoms with Crippen LogP contribution in [0.25, 0.3) is 0 Å². The predicted molar refractivity (Wildman–Crippen MR) is 67.0 cm³/mol. The van der Waals surface area contributed by atoms with E-state index >= 15 is 0 Å². The van der Waals surface area contributed by atoms with E-state index in [1.807, 2.05) is 37.3 Å². The van der Waals surface area contributed by atoms with Crippen molar-refractivity contribution in [3.63, 3.8) is 0 Å². The first-order valence-corrected chi connectivity index (χ1v) is 6.11. The Labute approximate surface area is 108 Å². The van der Waals surface area contributed by atoms with Gasteiger partial charge in [0.25, 0.3) is 0 Å². The standard InChI is InChI=1S/C12H12N2O3S/c1-8-11(18-9-5-3-2-4-6-9)12(14-13-8)17-7-10(15)16/h2-6H,7H2,1H3,(H,13,14)(H,15,16). The van der Waals surface area contributed by atoms with E-state index in [1.165, 1.54) is 11.8 Å². The minimum atomic E-state index is -1.02. The van der Waals surface area contributed by atoms with Gasteiger partial charge in [-0.25, -0.2) is 4.79 Å². The van der Waals surface area contributed by atoms with Crippen molar-refractivity contribution in [1.82, 2.24) is 10.2 Å². The average molecular weight is 264 g/mol. The molecule has 0 bridgehead atoms. The van der Waals surface area contributed by atoms with E-state index < -0.39 is 12.6 Å². The number of aryl methyl sites for hydroxylation is 1. The Morgan fingerprint density at radius 3 is 2.83 bits per heavy atom. The van der Waals surface area contributed by atoms with Gasteiger partial charge >= 0.3 is 5.97 Å². The molecule has 0 fully saturated rings. The van der Waals surface area contributed by atoms with Crippen LogP contribution in [0.5, 0.6) is 5.88 Å². The molecule has 0 saturated carbocycles. The number of carboxylic acid groups (broad SMARTS) is 1. The van der Waals surface area contributed by atoms with Gasteiger partial charge in [-0.15, -0.1) is 5.10 Å². The molecular weight excluding hydrogens is 252 g/mol. The van der Waals surface area contributed by atoms with Crippen molar-refractivity contribution in [3.05, 3.63) is 36.0 Å². The van der Waals surface area contributed by atoms with Crippen molar-refractivity contribution in [2.45, 2.75) is 16.7 Å². The number of aromatic amines is 1. The largest absolute Gasteiger partial charge is 0.479 e. The van der Waals surface area contributed by atoms with Gasteiger partial charge in [0.05, 0.1) is 10.6 Å². The number of carbonyl (C=O) groups is 1. The summed E-state index contributed by atoms with van der Waals surface area (Å²) >= 11 is 1.49. The second-order valence-corrected chi connectivity index (χ2v) is 4.66. The minimum absolute atomic E-state index is 0.323. The summed E-state index contributed by atoms with van der Waals surface area (Å²) in [7, 11) is 0. The number of ether oxygens (including phenoxy) is 1. The zero-order valence-corrected chi connectivity index (χ0v) is 10.5. The number of H-pyrrole nitrogens is 1. The van der Waals surface area contributed by atoms with Gasteiger partial charge in [0.2, 0.25) is 5.88 Å². The molecule has 0 aliphatic rings. The molecule has 2 N–H and O–H groups in total. The second kappa shape index (κ2) is 5.59. The summed E-state index contributed by atoms with van der Waals surface area (Å²) in [6, 6.07) is 9.76. The fourth-order valence-electron chi connectivity index (χ4n) is 1.35. The third-order valence-corrected chi connectivity index (χ3v) is 3.35. The summed E-state index contributed by atoms with van der Waals surface area (Å²) < 4.78 is 5.13. The second-order valence-electron chi connectivity index (χ2n) is 3.58. The molecule has 0 saturated heterocycles. The maximum atomic E-state index is 10.5. The summed E-state index contributed by atoms with van der Waals surface area (Å²) in [5.41, 5.74) is 0.851. The number of hydrogen-bond acceptors (Lipinski definition) is 4. The molecule has 0 aliphatic heterocycles. The van der Waals surface area contributed by atoms with Gasteiger partial charge < -0.3 is 9.84 Å². The van der Waals surface area contributed by atoms with Crippen LogP contribution in [-0.4, -0.2) is 27.9 Å². The molecule has 0 amide bonds. The normalized spacial score (nSPS) is 10.3. The number of nitrogens with zero attached hydrogens (tertiary/aromatic N) is 1. The summed E-state index contributed by atoms with van der Waals surface area (Å²) in [5.74, 6) is -0.699. The number of aromatic nitrogens is 2. The van der Waals surface area contributed by atoms with Gasteiger partial charge in [0, 0.05) is 4.90 Å². The van der Waals surface area contributed by atoms with E-state index in [2.05, 4.69) is 10.2 Å². The van der Waals surface area contributed by atoms with Crippen LogP contribution in [0, 0.1) is 6.92 Å². The van der Waals surface area contributed by atoms with E-state index in [1.54, 1.807) is 0 Å². The van der Waals surface area contributed by atoms with Crippen molar-refractivity contribution >= 4 is 17.7 Å². The molecule has 5 nitrogen and oxygen atoms in total. The van der Waals surface area contributed by atoms with Crippen LogP contribution in [0.1, 0.15) is 5.69 Å². The van der Waals surface area contributed by atoms with E-state index in [0.717, 1.165) is 15.5 Å². The maximum Gasteiger partial charge on any atom is 0.341 e. The number of nitrogens with one attached hydrogen (secondary N) is 1. The minimum Gasteiger partial charge on any atom is -0.479 e. The Hall–Kier alpha value is -1.95. The van der Waals surface area contributed by atoms with Gasteiger partial charge in [-0.2, -0.15) is 0 Å². The molecule has 0 radical (unpaired) electrons. The monoisotopic (exact) mass is 264 g/mol. The van der Waals surface area contributed by atoms with Crippen LogP contribution in [-0.2, 0) is 4.79 Å². The Morgan fingerprint density at radius 1 is 1.44 bits per heavy atom. The molecular formula is C12H12N2O3S. The fourth-order valence-corrected chi connectivity index (χ4v) is 2.27. The van der Waals surface area contributed by atoms with Crippen molar-refractivity contribution < 1.29 is 14.6 Å². The lowest BCUT2D eigenvalue weighted by atomic mass is 10.4. The molecule has 0 spiro atoms. The Bertz CT molecular complexity index is 540. The third kappa shape index (κ3) is 3.04. The predicted octanol–water partition coefficient (Wildman–Crippen LogP) is 2.33. The van der Waals surface area contributed by atoms with Crippen LogP contribution < -0.4 is 4.74 Å². The first-order valence-electron chi connectivity index (χ1n) is 5.29. The van der Waals surface area contributed by atoms with E-state index in [9.17, 15) is 4.79 Å². The van der Waals surface area contributed by atoms with Crippen LogP contribution in [0.4, 0.5) is 0 Å². The molecule has 2 rings (SSSR count). The van der Waals surface area contributed by atoms with Crippen molar-refractivity contribution in [3.8, 4) is 5.88 Å². The number of rotatable bonds is 5. The number of hydrogen-bond donors (Lipinski definition) is 2. The maximum absolute atomic E-state index is 10.5. The van der Waals surface area contributed by atoms with Gasteiger partial charge in [-0.3, -0.25) is 5.10 Å². The summed E-state index contributed by atoms with van der Waals surface area (Å²) in [6.07, 6.45) is 0. The lowest BCUT2D eigenvalue weighted by Crippen LogP contribution is -2.10. The van der Waals surface area contributed by atoms with E-state index in [0.29, 0.717) is 5.88 Å². The van der Waals surface area contributed by atoms with Crippen LogP contribution >= 0.6 is 11.8 Å².